The van der Waals surface area contributed by atoms with E-state index >= 15 is 0 Å². The van der Waals surface area contributed by atoms with Crippen LogP contribution >= 0.6 is 0 Å². The highest BCUT2D eigenvalue weighted by Gasteiger charge is 2.37. The summed E-state index contributed by atoms with van der Waals surface area (Å²) in [5.41, 5.74) is -0.0617. The van der Waals surface area contributed by atoms with Gasteiger partial charge in [-0.2, -0.15) is 8.78 Å². The molecule has 1 aromatic carbocycles. The summed E-state index contributed by atoms with van der Waals surface area (Å²) >= 11 is 0. The van der Waals surface area contributed by atoms with Crippen molar-refractivity contribution in [3.63, 3.8) is 0 Å². The Labute approximate surface area is 117 Å². The fraction of sp³-hybridized carbons (Fsp3) is 0.533. The number of carboxylic acid groups (broad SMARTS) is 1. The highest BCUT2D eigenvalue weighted by Crippen LogP contribution is 2.32. The van der Waals surface area contributed by atoms with Gasteiger partial charge in [0.1, 0.15) is 0 Å². The predicted molar refractivity (Wildman–Crippen MR) is 71.8 cm³/mol. The maximum absolute atomic E-state index is 14.3. The zero-order valence-corrected chi connectivity index (χ0v) is 11.3. The SMILES string of the molecule is O=C(O)CN(CC(F)(F)c1ccccc1)C1CCCC1. The lowest BCUT2D eigenvalue weighted by molar-refractivity contribution is -0.140. The van der Waals surface area contributed by atoms with Gasteiger partial charge in [-0.05, 0) is 12.8 Å². The van der Waals surface area contributed by atoms with Crippen LogP contribution in [0, 0.1) is 0 Å². The van der Waals surface area contributed by atoms with Crippen molar-refractivity contribution < 1.29 is 18.7 Å². The standard InChI is InChI=1S/C15H19F2NO2/c16-15(17,12-6-2-1-3-7-12)11-18(10-14(19)20)13-8-4-5-9-13/h1-3,6-7,13H,4-5,8-11H2,(H,19,20). The molecule has 1 fully saturated rings. The number of rotatable bonds is 6. The lowest BCUT2D eigenvalue weighted by Gasteiger charge is -2.31. The molecule has 0 saturated heterocycles. The van der Waals surface area contributed by atoms with Crippen molar-refractivity contribution in [2.24, 2.45) is 0 Å². The third-order valence-electron chi connectivity index (χ3n) is 3.78. The minimum absolute atomic E-state index is 0.0410. The molecule has 0 radical (unpaired) electrons. The Kier molecular flexibility index (Phi) is 4.70. The largest absolute Gasteiger partial charge is 0.480 e. The number of alkyl halides is 2. The van der Waals surface area contributed by atoms with Gasteiger partial charge in [0.25, 0.3) is 5.92 Å². The lowest BCUT2D eigenvalue weighted by atomic mass is 10.1. The molecule has 0 amide bonds. The molecule has 1 N–H and O–H groups in total. The van der Waals surface area contributed by atoms with Gasteiger partial charge in [0.2, 0.25) is 0 Å². The van der Waals surface area contributed by atoms with Gasteiger partial charge >= 0.3 is 5.97 Å². The quantitative estimate of drug-likeness (QED) is 0.872. The summed E-state index contributed by atoms with van der Waals surface area (Å²) < 4.78 is 28.6. The number of halogens is 2. The zero-order valence-electron chi connectivity index (χ0n) is 11.3. The van der Waals surface area contributed by atoms with Crippen LogP contribution in [0.3, 0.4) is 0 Å². The van der Waals surface area contributed by atoms with Crippen LogP contribution in [-0.2, 0) is 10.7 Å². The molecule has 110 valence electrons. The number of carbonyl (C=O) groups is 1. The number of nitrogens with zero attached hydrogens (tertiary/aromatic N) is 1. The van der Waals surface area contributed by atoms with Gasteiger partial charge in [0, 0.05) is 11.6 Å². The Balaban J connectivity index is 2.11. The third kappa shape index (κ3) is 3.76. The number of carboxylic acids is 1. The summed E-state index contributed by atoms with van der Waals surface area (Å²) in [7, 11) is 0. The minimum atomic E-state index is -3.03. The van der Waals surface area contributed by atoms with E-state index in [4.69, 9.17) is 5.11 Å². The summed E-state index contributed by atoms with van der Waals surface area (Å²) in [6.45, 7) is -0.860. The van der Waals surface area contributed by atoms with Crippen LogP contribution in [0.4, 0.5) is 8.78 Å². The van der Waals surface area contributed by atoms with Gasteiger partial charge in [0.15, 0.2) is 0 Å². The molecule has 1 aromatic rings. The van der Waals surface area contributed by atoms with Gasteiger partial charge in [-0.25, -0.2) is 0 Å². The Morgan fingerprint density at radius 1 is 1.25 bits per heavy atom. The molecule has 0 atom stereocenters. The second-order valence-corrected chi connectivity index (χ2v) is 5.31. The van der Waals surface area contributed by atoms with Crippen molar-refractivity contribution in [3.8, 4) is 0 Å². The normalized spacial score (nSPS) is 16.8. The van der Waals surface area contributed by atoms with Crippen LogP contribution in [0.25, 0.3) is 0 Å². The van der Waals surface area contributed by atoms with E-state index in [-0.39, 0.29) is 18.2 Å². The third-order valence-corrected chi connectivity index (χ3v) is 3.78. The highest BCUT2D eigenvalue weighted by molar-refractivity contribution is 5.69. The first-order valence-corrected chi connectivity index (χ1v) is 6.88. The van der Waals surface area contributed by atoms with Crippen molar-refractivity contribution in [1.82, 2.24) is 4.90 Å². The molecule has 0 aliphatic heterocycles. The Hall–Kier alpha value is -1.49. The van der Waals surface area contributed by atoms with Crippen LogP contribution < -0.4 is 0 Å². The first kappa shape index (κ1) is 14.9. The molecule has 2 rings (SSSR count). The summed E-state index contributed by atoms with van der Waals surface area (Å²) in [6, 6.07) is 7.55. The first-order valence-electron chi connectivity index (χ1n) is 6.88. The van der Waals surface area contributed by atoms with Crippen LogP contribution in [0.1, 0.15) is 31.2 Å². The van der Waals surface area contributed by atoms with E-state index in [9.17, 15) is 13.6 Å². The molecule has 1 aliphatic rings. The topological polar surface area (TPSA) is 40.5 Å². The van der Waals surface area contributed by atoms with Crippen LogP contribution in [-0.4, -0.2) is 35.1 Å². The molecule has 20 heavy (non-hydrogen) atoms. The van der Waals surface area contributed by atoms with Crippen molar-refractivity contribution in [1.29, 1.82) is 0 Å². The molecule has 0 bridgehead atoms. The molecular formula is C15H19F2NO2. The average Bonchev–Trinajstić information content (AvgIpc) is 2.92. The van der Waals surface area contributed by atoms with Crippen molar-refractivity contribution >= 4 is 5.97 Å². The monoisotopic (exact) mass is 283 g/mol. The van der Waals surface area contributed by atoms with Gasteiger partial charge in [-0.3, -0.25) is 9.69 Å². The first-order chi connectivity index (χ1) is 9.49. The highest BCUT2D eigenvalue weighted by atomic mass is 19.3. The van der Waals surface area contributed by atoms with E-state index in [1.165, 1.54) is 17.0 Å². The van der Waals surface area contributed by atoms with E-state index < -0.39 is 18.4 Å². The fourth-order valence-corrected chi connectivity index (χ4v) is 2.79. The molecule has 5 heteroatoms. The number of aliphatic carboxylic acids is 1. The van der Waals surface area contributed by atoms with Crippen LogP contribution in [0.2, 0.25) is 0 Å². The van der Waals surface area contributed by atoms with Crippen LogP contribution in [0.5, 0.6) is 0 Å². The van der Waals surface area contributed by atoms with Crippen molar-refractivity contribution in [2.75, 3.05) is 13.1 Å². The molecule has 0 spiro atoms. The maximum atomic E-state index is 14.3. The van der Waals surface area contributed by atoms with Crippen LogP contribution in [0.15, 0.2) is 30.3 Å². The predicted octanol–water partition coefficient (Wildman–Crippen LogP) is 3.11. The van der Waals surface area contributed by atoms with E-state index in [0.29, 0.717) is 0 Å². The number of benzene rings is 1. The molecule has 1 aliphatic carbocycles. The van der Waals surface area contributed by atoms with Gasteiger partial charge in [0.05, 0.1) is 13.1 Å². The van der Waals surface area contributed by atoms with Gasteiger partial charge in [-0.15, -0.1) is 0 Å². The van der Waals surface area contributed by atoms with Crippen molar-refractivity contribution in [3.05, 3.63) is 35.9 Å². The average molecular weight is 283 g/mol. The van der Waals surface area contributed by atoms with Crippen molar-refractivity contribution in [2.45, 2.75) is 37.6 Å². The maximum Gasteiger partial charge on any atom is 0.317 e. The molecule has 1 saturated carbocycles. The molecule has 0 heterocycles. The second-order valence-electron chi connectivity index (χ2n) is 5.31. The smallest absolute Gasteiger partial charge is 0.317 e. The van der Waals surface area contributed by atoms with Gasteiger partial charge < -0.3 is 5.11 Å². The lowest BCUT2D eigenvalue weighted by Crippen LogP contribution is -2.43. The molecule has 0 aromatic heterocycles. The fourth-order valence-electron chi connectivity index (χ4n) is 2.79. The Bertz CT molecular complexity index is 444. The van der Waals surface area contributed by atoms with E-state index in [2.05, 4.69) is 0 Å². The molecule has 0 unspecified atom stereocenters. The summed E-state index contributed by atoms with van der Waals surface area (Å²) in [6.07, 6.45) is 3.58. The second kappa shape index (κ2) is 6.31. The minimum Gasteiger partial charge on any atom is -0.480 e. The van der Waals surface area contributed by atoms with Gasteiger partial charge in [-0.1, -0.05) is 43.2 Å². The number of hydrogen-bond acceptors (Lipinski definition) is 2. The Morgan fingerprint density at radius 3 is 2.40 bits per heavy atom. The number of hydrogen-bond donors (Lipinski definition) is 1. The molecular weight excluding hydrogens is 264 g/mol. The van der Waals surface area contributed by atoms with E-state index in [1.807, 2.05) is 0 Å². The zero-order chi connectivity index (χ0) is 14.6. The van der Waals surface area contributed by atoms with E-state index in [0.717, 1.165) is 25.7 Å². The summed E-state index contributed by atoms with van der Waals surface area (Å²) in [5, 5.41) is 8.93. The van der Waals surface area contributed by atoms with E-state index in [1.54, 1.807) is 18.2 Å². The molecule has 3 nitrogen and oxygen atoms in total. The summed E-state index contributed by atoms with van der Waals surface area (Å²) in [4.78, 5) is 12.3. The Morgan fingerprint density at radius 2 is 1.85 bits per heavy atom. The summed E-state index contributed by atoms with van der Waals surface area (Å²) in [5.74, 6) is -4.08.